The summed E-state index contributed by atoms with van der Waals surface area (Å²) in [5.41, 5.74) is -0.741. The zero-order valence-electron chi connectivity index (χ0n) is 11.9. The summed E-state index contributed by atoms with van der Waals surface area (Å²) in [6.45, 7) is 4.22. The molecule has 1 rings (SSSR count). The summed E-state index contributed by atoms with van der Waals surface area (Å²) in [4.78, 5) is 13.5. The number of halogens is 2. The van der Waals surface area contributed by atoms with Crippen LogP contribution in [0.25, 0.3) is 0 Å². The summed E-state index contributed by atoms with van der Waals surface area (Å²) in [7, 11) is 1.78. The fraction of sp³-hybridized carbons (Fsp3) is 0.500. The van der Waals surface area contributed by atoms with E-state index in [0.29, 0.717) is 13.1 Å². The maximum absolute atomic E-state index is 13.0. The molecule has 112 valence electrons. The Morgan fingerprint density at radius 1 is 1.30 bits per heavy atom. The molecule has 1 aromatic carbocycles. The van der Waals surface area contributed by atoms with Gasteiger partial charge in [0.2, 0.25) is 5.91 Å². The average molecular weight is 286 g/mol. The van der Waals surface area contributed by atoms with Crippen LogP contribution in [0.4, 0.5) is 14.5 Å². The molecule has 4 nitrogen and oxygen atoms in total. The third kappa shape index (κ3) is 6.58. The van der Waals surface area contributed by atoms with Crippen LogP contribution in [0.5, 0.6) is 0 Å². The summed E-state index contributed by atoms with van der Waals surface area (Å²) in [6.07, 6.45) is 0.171. The highest BCUT2D eigenvalue weighted by atomic mass is 19.1. The lowest BCUT2D eigenvalue weighted by molar-refractivity contribution is -0.116. The predicted octanol–water partition coefficient (Wildman–Crippen LogP) is 2.00. The van der Waals surface area contributed by atoms with Crippen molar-refractivity contribution < 1.29 is 18.7 Å². The Hall–Kier alpha value is -1.53. The fourth-order valence-corrected chi connectivity index (χ4v) is 1.88. The van der Waals surface area contributed by atoms with Crippen LogP contribution in [0, 0.1) is 11.6 Å². The van der Waals surface area contributed by atoms with E-state index in [-0.39, 0.29) is 18.0 Å². The van der Waals surface area contributed by atoms with Crippen LogP contribution in [0.15, 0.2) is 18.2 Å². The van der Waals surface area contributed by atoms with E-state index in [0.717, 1.165) is 18.2 Å². The molecule has 20 heavy (non-hydrogen) atoms. The number of rotatable bonds is 6. The fourth-order valence-electron chi connectivity index (χ4n) is 1.88. The van der Waals surface area contributed by atoms with Gasteiger partial charge in [-0.25, -0.2) is 8.78 Å². The number of benzene rings is 1. The van der Waals surface area contributed by atoms with E-state index in [1.54, 1.807) is 20.9 Å². The van der Waals surface area contributed by atoms with E-state index in [9.17, 15) is 18.7 Å². The van der Waals surface area contributed by atoms with Crippen LogP contribution in [-0.2, 0) is 4.79 Å². The van der Waals surface area contributed by atoms with Gasteiger partial charge in [0.25, 0.3) is 0 Å². The lowest BCUT2D eigenvalue weighted by atomic mass is 10.1. The molecule has 1 aromatic rings. The van der Waals surface area contributed by atoms with Gasteiger partial charge in [-0.05, 0) is 33.0 Å². The molecule has 0 aliphatic rings. The van der Waals surface area contributed by atoms with Crippen LogP contribution in [0.1, 0.15) is 20.3 Å². The molecule has 0 fully saturated rings. The van der Waals surface area contributed by atoms with Crippen molar-refractivity contribution in [3.8, 4) is 0 Å². The third-order valence-corrected chi connectivity index (χ3v) is 2.52. The standard InChI is InChI=1S/C14H20F2N2O2/c1-14(2,20)9-18(3)5-4-13(19)17-12-7-10(15)6-11(16)8-12/h6-8,20H,4-5,9H2,1-3H3,(H,17,19). The van der Waals surface area contributed by atoms with Crippen LogP contribution in [0.2, 0.25) is 0 Å². The Bertz CT molecular complexity index is 452. The molecule has 0 atom stereocenters. The zero-order valence-corrected chi connectivity index (χ0v) is 11.9. The minimum atomic E-state index is -0.836. The molecule has 0 aromatic heterocycles. The van der Waals surface area contributed by atoms with E-state index in [4.69, 9.17) is 0 Å². The number of carbonyl (C=O) groups excluding carboxylic acids is 1. The average Bonchev–Trinajstić information content (AvgIpc) is 2.22. The van der Waals surface area contributed by atoms with Crippen molar-refractivity contribution in [1.82, 2.24) is 4.90 Å². The Labute approximate surface area is 117 Å². The largest absolute Gasteiger partial charge is 0.389 e. The Kier molecular flexibility index (Phi) is 5.59. The molecule has 0 aliphatic heterocycles. The van der Waals surface area contributed by atoms with E-state index in [2.05, 4.69) is 5.32 Å². The summed E-state index contributed by atoms with van der Waals surface area (Å²) in [6, 6.07) is 2.86. The maximum atomic E-state index is 13.0. The van der Waals surface area contributed by atoms with Gasteiger partial charge in [0.15, 0.2) is 0 Å². The Morgan fingerprint density at radius 2 is 1.85 bits per heavy atom. The van der Waals surface area contributed by atoms with E-state index < -0.39 is 17.2 Å². The van der Waals surface area contributed by atoms with Gasteiger partial charge < -0.3 is 15.3 Å². The molecule has 0 aliphatic carbocycles. The van der Waals surface area contributed by atoms with E-state index in [1.807, 2.05) is 4.90 Å². The molecular formula is C14H20F2N2O2. The highest BCUT2D eigenvalue weighted by Gasteiger charge is 2.16. The molecule has 2 N–H and O–H groups in total. The molecule has 0 unspecified atom stereocenters. The van der Waals surface area contributed by atoms with Gasteiger partial charge in [0.1, 0.15) is 11.6 Å². The molecule has 0 saturated carbocycles. The number of carbonyl (C=O) groups is 1. The maximum Gasteiger partial charge on any atom is 0.225 e. The van der Waals surface area contributed by atoms with Crippen molar-refractivity contribution in [1.29, 1.82) is 0 Å². The van der Waals surface area contributed by atoms with Gasteiger partial charge in [0, 0.05) is 31.3 Å². The van der Waals surface area contributed by atoms with Crippen molar-refractivity contribution in [2.24, 2.45) is 0 Å². The molecule has 0 bridgehead atoms. The number of likely N-dealkylation sites (N-methyl/N-ethyl adjacent to an activating group) is 1. The minimum absolute atomic E-state index is 0.0950. The van der Waals surface area contributed by atoms with Gasteiger partial charge in [-0.3, -0.25) is 4.79 Å². The predicted molar refractivity (Wildman–Crippen MR) is 73.4 cm³/mol. The Balaban J connectivity index is 2.44. The van der Waals surface area contributed by atoms with Crippen LogP contribution < -0.4 is 5.32 Å². The third-order valence-electron chi connectivity index (χ3n) is 2.52. The number of nitrogens with one attached hydrogen (secondary N) is 1. The van der Waals surface area contributed by atoms with E-state index in [1.165, 1.54) is 0 Å². The van der Waals surface area contributed by atoms with Crippen molar-refractivity contribution in [3.63, 3.8) is 0 Å². The van der Waals surface area contributed by atoms with Crippen molar-refractivity contribution in [2.45, 2.75) is 25.9 Å². The molecule has 0 saturated heterocycles. The molecular weight excluding hydrogens is 266 g/mol. The number of hydrogen-bond acceptors (Lipinski definition) is 3. The molecule has 0 heterocycles. The summed E-state index contributed by atoms with van der Waals surface area (Å²) >= 11 is 0. The SMILES string of the molecule is CN(CCC(=O)Nc1cc(F)cc(F)c1)CC(C)(C)O. The van der Waals surface area contributed by atoms with Crippen molar-refractivity contribution >= 4 is 11.6 Å². The second-order valence-corrected chi connectivity index (χ2v) is 5.51. The number of hydrogen-bond donors (Lipinski definition) is 2. The first kappa shape index (κ1) is 16.5. The number of anilines is 1. The van der Waals surface area contributed by atoms with Gasteiger partial charge in [0.05, 0.1) is 5.60 Å². The minimum Gasteiger partial charge on any atom is -0.389 e. The highest BCUT2D eigenvalue weighted by Crippen LogP contribution is 2.13. The Morgan fingerprint density at radius 3 is 2.35 bits per heavy atom. The number of nitrogens with zero attached hydrogens (tertiary/aromatic N) is 1. The number of aliphatic hydroxyl groups is 1. The smallest absolute Gasteiger partial charge is 0.225 e. The first-order chi connectivity index (χ1) is 9.15. The van der Waals surface area contributed by atoms with Gasteiger partial charge in [-0.2, -0.15) is 0 Å². The number of amides is 1. The lowest BCUT2D eigenvalue weighted by Gasteiger charge is -2.25. The summed E-state index contributed by atoms with van der Waals surface area (Å²) in [5.74, 6) is -1.81. The zero-order chi connectivity index (χ0) is 15.3. The van der Waals surface area contributed by atoms with Crippen LogP contribution in [0.3, 0.4) is 0 Å². The second-order valence-electron chi connectivity index (χ2n) is 5.51. The van der Waals surface area contributed by atoms with Gasteiger partial charge in [-0.15, -0.1) is 0 Å². The van der Waals surface area contributed by atoms with Crippen molar-refractivity contribution in [2.75, 3.05) is 25.5 Å². The normalized spacial score (nSPS) is 11.8. The first-order valence-corrected chi connectivity index (χ1v) is 6.32. The van der Waals surface area contributed by atoms with E-state index >= 15 is 0 Å². The highest BCUT2D eigenvalue weighted by molar-refractivity contribution is 5.90. The molecule has 0 radical (unpaired) electrons. The lowest BCUT2D eigenvalue weighted by Crippen LogP contribution is -2.37. The van der Waals surface area contributed by atoms with Gasteiger partial charge in [-0.1, -0.05) is 0 Å². The van der Waals surface area contributed by atoms with Gasteiger partial charge >= 0.3 is 0 Å². The van der Waals surface area contributed by atoms with Crippen LogP contribution >= 0.6 is 0 Å². The quantitative estimate of drug-likeness (QED) is 0.841. The molecule has 1 amide bonds. The first-order valence-electron chi connectivity index (χ1n) is 6.32. The summed E-state index contributed by atoms with van der Waals surface area (Å²) in [5, 5.41) is 12.1. The molecule has 0 spiro atoms. The molecule has 6 heteroatoms. The van der Waals surface area contributed by atoms with Crippen molar-refractivity contribution in [3.05, 3.63) is 29.8 Å². The monoisotopic (exact) mass is 286 g/mol. The van der Waals surface area contributed by atoms with Crippen LogP contribution in [-0.4, -0.2) is 41.7 Å². The second kappa shape index (κ2) is 6.76. The summed E-state index contributed by atoms with van der Waals surface area (Å²) < 4.78 is 25.9. The topological polar surface area (TPSA) is 52.6 Å².